The molecule has 0 saturated heterocycles. The fourth-order valence-electron chi connectivity index (χ4n) is 22.6. The lowest BCUT2D eigenvalue weighted by Crippen LogP contribution is -2.37. The van der Waals surface area contributed by atoms with Gasteiger partial charge in [-0.3, -0.25) is 0 Å². The lowest BCUT2D eigenvalue weighted by Gasteiger charge is -2.40. The van der Waals surface area contributed by atoms with Crippen molar-refractivity contribution in [3.05, 3.63) is 354 Å². The first kappa shape index (κ1) is 46.7. The van der Waals surface area contributed by atoms with E-state index in [9.17, 15) is 8.22 Å². The number of rotatable bonds is 12. The highest BCUT2D eigenvalue weighted by Crippen LogP contribution is 2.63. The minimum Gasteiger partial charge on any atom is -0.455 e. The third kappa shape index (κ3) is 13.8. The summed E-state index contributed by atoms with van der Waals surface area (Å²) in [5.41, 5.74) is 2.28. The fourth-order valence-corrected chi connectivity index (χ4v) is 22.6. The van der Waals surface area contributed by atoms with E-state index in [0.29, 0.717) is 128 Å². The lowest BCUT2D eigenvalue weighted by molar-refractivity contribution is -0.660. The molecule has 8 heterocycles. The molecule has 0 saturated carbocycles. The molecule has 24 rings (SSSR count). The van der Waals surface area contributed by atoms with Crippen molar-refractivity contribution in [3.8, 4) is 89.5 Å². The number of furan rings is 4. The average molecular weight is 1900 g/mol. The zero-order valence-corrected chi connectivity index (χ0v) is 78.1. The van der Waals surface area contributed by atoms with Gasteiger partial charge in [0.05, 0.1) is 22.3 Å². The Morgan fingerprint density at radius 2 is 0.621 bits per heavy atom. The first-order chi connectivity index (χ1) is 91.0. The van der Waals surface area contributed by atoms with E-state index in [0.717, 1.165) is 50.7 Å². The molecule has 8 nitrogen and oxygen atoms in total. The zero-order valence-electron chi connectivity index (χ0n) is 138. The van der Waals surface area contributed by atoms with Crippen LogP contribution in [0.1, 0.15) is 302 Å². The average Bonchev–Trinajstić information content (AvgIpc) is 1.46. The molecule has 0 N–H and O–H groups in total. The van der Waals surface area contributed by atoms with E-state index >= 15 is 0 Å². The zero-order chi connectivity index (χ0) is 149. The largest absolute Gasteiger partial charge is 0.455 e. The number of benzene rings is 12. The molecule has 12 aromatic carbocycles. The van der Waals surface area contributed by atoms with Gasteiger partial charge in [0.1, 0.15) is 72.9 Å². The molecule has 4 unspecified atom stereocenters. The molecule has 0 aliphatic heterocycles. The minimum absolute atomic E-state index is 0.0195. The molecule has 8 aromatic heterocycles. The van der Waals surface area contributed by atoms with Crippen LogP contribution in [0.3, 0.4) is 0 Å². The standard InChI is InChI=1S/C36H40NO.C34H36NO.C32H32NO.C30H28NO/c1-21(2)18-36(19-22(3)4)29-12-10-9-11-28(29)33-30(36)16-15-27-26-14-13-23(5)32(34(26)38-35(27)33)31-17-24(6)25(7)20-37(31)8;1-19(2)34(20(3)4)27-12-10-9-11-26(27)31-28(34)16-15-25-24-14-13-21(5)30(32(24)36-33(25)31)29-17-22(6)23(7)18-35(29)8;1-7-32(8-2)25-12-10-9-11-24(25)29-26(32)16-15-23-22-14-13-19(3)28(30(22)34-31(23)29)27-17-20(4)21(5)18-33(27)6;1-17-11-12-22-23-14-13-21-20-9-7-8-10-24(20)30(4,5)27(21)29(23)32-28(22)26(17)25-15-18(2)19(3)16-31(25)6/h9-17,20-22H,18-19H2,1-8H3;9-20H,1-8H3;9-18H,7-8H2,1-6H3;7-16H,1-6H3/q4*+1/i1D3,2D3,3D3,4D3,6D3,7D3,18D2,21D,22D;1D3,2D3,3D3,6D3,7D3,19D,20D;1D3,2D3,4D3,5D3;2D3,3D3,4D3. The summed E-state index contributed by atoms with van der Waals surface area (Å²) >= 11 is 0. The monoisotopic (exact) mass is 1900 g/mol. The Kier molecular flexibility index (Phi) is 11.4. The second-order valence-electron chi connectivity index (χ2n) is 37.3. The first-order valence-electron chi connectivity index (χ1n) is 75.5. The van der Waals surface area contributed by atoms with Gasteiger partial charge in [-0.15, -0.1) is 0 Å². The van der Waals surface area contributed by atoms with Crippen molar-refractivity contribution in [2.24, 2.45) is 51.8 Å². The van der Waals surface area contributed by atoms with Gasteiger partial charge in [-0.1, -0.05) is 270 Å². The van der Waals surface area contributed by atoms with Crippen LogP contribution in [0.4, 0.5) is 0 Å². The Balaban J connectivity index is 0.000000148. The number of aryl methyl sites for hydroxylation is 16. The molecule has 4 aliphatic rings. The van der Waals surface area contributed by atoms with Gasteiger partial charge in [-0.2, -0.15) is 0 Å². The van der Waals surface area contributed by atoms with E-state index in [2.05, 4.69) is 0 Å². The highest BCUT2D eigenvalue weighted by atomic mass is 16.3. The second-order valence-corrected chi connectivity index (χ2v) is 37.3. The quantitative estimate of drug-likeness (QED) is 0.114. The molecular weight excluding hydrogens is 1710 g/mol. The Bertz CT molecular complexity index is 11200. The van der Waals surface area contributed by atoms with E-state index in [1.807, 2.05) is 98.8 Å². The summed E-state index contributed by atoms with van der Waals surface area (Å²) in [5, 5.41) is 4.63. The smallest absolute Gasteiger partial charge is 0.216 e. The molecule has 0 spiro atoms. The van der Waals surface area contributed by atoms with Crippen molar-refractivity contribution in [2.75, 3.05) is 0 Å². The van der Waals surface area contributed by atoms with E-state index in [1.165, 1.54) is 126 Å². The molecule has 140 heavy (non-hydrogen) atoms. The molecule has 4 atom stereocenters. The van der Waals surface area contributed by atoms with Gasteiger partial charge in [0, 0.05) is 216 Å². The third-order valence-corrected chi connectivity index (χ3v) is 29.1. The van der Waals surface area contributed by atoms with Gasteiger partial charge in [-0.05, 0) is 249 Å². The molecule has 20 aromatic rings. The molecule has 0 amide bonds. The van der Waals surface area contributed by atoms with Crippen LogP contribution in [0.5, 0.6) is 0 Å². The van der Waals surface area contributed by atoms with Crippen molar-refractivity contribution in [1.82, 2.24) is 0 Å². The normalized spacial score (nSPS) is 24.9. The SMILES string of the molecule is [2H]C([2H])([2H])CC1(CC([2H])([2H])[2H])c2ccccc2-c2c1ccc1c2oc2c(-c3cc(C([2H])([2H])[2H])c(C([2H])([2H])[2H])c[n+]3C)c(C)ccc21.[2H]C([2H])([2H])c1cc(-c2c(C)ccc3c2oc2c4c(ccc23)-c2ccccc2C4(C)C([2H])([2H])[2H])[n+](C)cc1C([2H])([2H])[2H].[2H]C([2H])([2H])c1cc(-c2c(C)ccc3c2oc2c4c(ccc23)C(C([2H])(C)C([2H])([2H])[2H])(C([2H])(C([2H])([2H])[2H])C([2H])([2H])[2H])c2ccccc2-4)[n+](C)cc1C([2H])([2H])[2H].[2H]C([2H])([2H])c1cc(-c2c(C)ccc3c2oc2c4c(ccc23)C(CC([2H])(C([2H])([2H])[2H])C([2H])([2H])[2H])(C([2H])([2H])C([2H])(C([2H])([2H])[2H])C([2H])([2H])[2H])c2ccccc2-4)[n+](C)cc1C([2H])([2H])[2H]. The highest BCUT2D eigenvalue weighted by molar-refractivity contribution is 6.19. The summed E-state index contributed by atoms with van der Waals surface area (Å²) in [6.45, 7) is -45.1. The van der Waals surface area contributed by atoms with Crippen molar-refractivity contribution < 1.29 is 118 Å². The Morgan fingerprint density at radius 3 is 1.01 bits per heavy atom. The molecule has 0 fully saturated rings. The van der Waals surface area contributed by atoms with Crippen LogP contribution in [0, 0.1) is 106 Å². The molecule has 8 heteroatoms. The maximum Gasteiger partial charge on any atom is 0.216 e. The van der Waals surface area contributed by atoms with Crippen molar-refractivity contribution >= 4 is 87.8 Å². The van der Waals surface area contributed by atoms with Crippen molar-refractivity contribution in [1.29, 1.82) is 0 Å². The van der Waals surface area contributed by atoms with Gasteiger partial charge in [-0.25, -0.2) is 18.3 Å². The number of aromatic nitrogens is 4. The van der Waals surface area contributed by atoms with E-state index in [-0.39, 0.29) is 119 Å². The van der Waals surface area contributed by atoms with Gasteiger partial charge in [0.2, 0.25) is 22.8 Å². The third-order valence-electron chi connectivity index (χ3n) is 29.1. The Morgan fingerprint density at radius 1 is 0.300 bits per heavy atom. The maximum absolute atomic E-state index is 9.72. The summed E-state index contributed by atoms with van der Waals surface area (Å²) in [5.74, 6) is -14.2. The summed E-state index contributed by atoms with van der Waals surface area (Å²) in [6, 6.07) is 59.2. The number of nitrogens with zero attached hydrogens (tertiary/aromatic N) is 4. The maximum atomic E-state index is 9.72. The minimum atomic E-state index is -4.07. The number of pyridine rings is 4. The van der Waals surface area contributed by atoms with Crippen LogP contribution in [0.15, 0.2) is 261 Å². The van der Waals surface area contributed by atoms with E-state index in [4.69, 9.17) is 91.7 Å². The van der Waals surface area contributed by atoms with E-state index < -0.39 is 192 Å². The van der Waals surface area contributed by atoms with Gasteiger partial charge in [0.25, 0.3) is 0 Å². The fraction of sp³-hybridized carbons (Fsp3) is 0.303. The molecule has 704 valence electrons. The van der Waals surface area contributed by atoms with Gasteiger partial charge < -0.3 is 17.7 Å². The van der Waals surface area contributed by atoms with Crippen LogP contribution in [0.25, 0.3) is 177 Å². The first-order valence-corrected chi connectivity index (χ1v) is 45.5. The topological polar surface area (TPSA) is 68.1 Å². The van der Waals surface area contributed by atoms with Crippen LogP contribution in [-0.4, -0.2) is 0 Å². The van der Waals surface area contributed by atoms with Crippen LogP contribution >= 0.6 is 0 Å². The van der Waals surface area contributed by atoms with Crippen LogP contribution in [0.2, 0.25) is 0 Å². The predicted molar refractivity (Wildman–Crippen MR) is 584 cm³/mol. The van der Waals surface area contributed by atoms with Gasteiger partial charge >= 0.3 is 0 Å². The summed E-state index contributed by atoms with van der Waals surface area (Å²) < 4.78 is 535. The lowest BCUT2D eigenvalue weighted by atomic mass is 9.63. The van der Waals surface area contributed by atoms with E-state index in [1.54, 1.807) is 99.6 Å². The highest BCUT2D eigenvalue weighted by Gasteiger charge is 2.51. The summed E-state index contributed by atoms with van der Waals surface area (Å²) in [6.07, 6.45) is -1.08. The Labute approximate surface area is 911 Å². The molecule has 4 aliphatic carbocycles. The van der Waals surface area contributed by atoms with Crippen LogP contribution in [-0.2, 0) is 49.9 Å². The number of hydrogen-bond acceptors (Lipinski definition) is 4. The molecule has 0 bridgehead atoms. The summed E-state index contributed by atoms with van der Waals surface area (Å²) in [4.78, 5) is 0. The predicted octanol–water partition coefficient (Wildman–Crippen LogP) is 33.3. The number of hydrogen-bond donors (Lipinski definition) is 0. The van der Waals surface area contributed by atoms with Gasteiger partial charge in [0.15, 0.2) is 24.8 Å². The van der Waals surface area contributed by atoms with Crippen LogP contribution < -0.4 is 18.3 Å². The van der Waals surface area contributed by atoms with Crippen molar-refractivity contribution in [2.45, 2.75) is 212 Å². The molecule has 0 radical (unpaired) electrons. The second kappa shape index (κ2) is 34.2. The molecular formula is C132H136N4O4+4. The summed E-state index contributed by atoms with van der Waals surface area (Å²) in [7, 11) is 6.42. The van der Waals surface area contributed by atoms with Crippen molar-refractivity contribution in [3.63, 3.8) is 0 Å². The number of fused-ring (bicyclic) bond motifs is 28. The Hall–Kier alpha value is -13.6.